The van der Waals surface area contributed by atoms with Crippen LogP contribution in [-0.2, 0) is 6.54 Å². The monoisotopic (exact) mass is 398 g/mol. The number of nitrogens with zero attached hydrogens (tertiary/aromatic N) is 4. The SMILES string of the molecule is O=C(On1cc(Br)nc1Cl)N1CCN(Cc2ccccc2)CC1. The van der Waals surface area contributed by atoms with Gasteiger partial charge in [0.1, 0.15) is 4.60 Å². The highest BCUT2D eigenvalue weighted by molar-refractivity contribution is 9.10. The molecule has 0 radical (unpaired) electrons. The molecule has 23 heavy (non-hydrogen) atoms. The van der Waals surface area contributed by atoms with Gasteiger partial charge in [-0.15, -0.1) is 4.73 Å². The molecule has 1 amide bonds. The van der Waals surface area contributed by atoms with Crippen LogP contribution in [0.3, 0.4) is 0 Å². The molecule has 0 bridgehead atoms. The van der Waals surface area contributed by atoms with E-state index < -0.39 is 6.09 Å². The Bertz CT molecular complexity index is 671. The van der Waals surface area contributed by atoms with Crippen molar-refractivity contribution >= 4 is 33.6 Å². The molecule has 1 fully saturated rings. The average Bonchev–Trinajstić information content (AvgIpc) is 2.86. The van der Waals surface area contributed by atoms with Crippen molar-refractivity contribution in [3.8, 4) is 0 Å². The molecule has 2 heterocycles. The molecule has 0 aliphatic carbocycles. The van der Waals surface area contributed by atoms with Crippen LogP contribution < -0.4 is 4.84 Å². The van der Waals surface area contributed by atoms with E-state index in [0.717, 1.165) is 24.4 Å². The Kier molecular flexibility index (Phi) is 5.20. The highest BCUT2D eigenvalue weighted by Crippen LogP contribution is 2.14. The first-order valence-corrected chi connectivity index (χ1v) is 8.43. The fourth-order valence-corrected chi connectivity index (χ4v) is 3.08. The summed E-state index contributed by atoms with van der Waals surface area (Å²) < 4.78 is 1.67. The van der Waals surface area contributed by atoms with Gasteiger partial charge in [0.25, 0.3) is 0 Å². The molecule has 3 rings (SSSR count). The Balaban J connectivity index is 1.50. The van der Waals surface area contributed by atoms with Crippen LogP contribution in [0.2, 0.25) is 5.28 Å². The minimum Gasteiger partial charge on any atom is -0.314 e. The van der Waals surface area contributed by atoms with Gasteiger partial charge >= 0.3 is 6.09 Å². The van der Waals surface area contributed by atoms with Crippen molar-refractivity contribution in [1.29, 1.82) is 0 Å². The van der Waals surface area contributed by atoms with Crippen LogP contribution in [0.25, 0.3) is 0 Å². The van der Waals surface area contributed by atoms with Gasteiger partial charge < -0.3 is 9.74 Å². The molecule has 0 N–H and O–H groups in total. The zero-order valence-electron chi connectivity index (χ0n) is 12.4. The molecule has 8 heteroatoms. The third-order valence-corrected chi connectivity index (χ3v) is 4.29. The van der Waals surface area contributed by atoms with Crippen LogP contribution >= 0.6 is 27.5 Å². The van der Waals surface area contributed by atoms with Crippen molar-refractivity contribution in [3.63, 3.8) is 0 Å². The highest BCUT2D eigenvalue weighted by Gasteiger charge is 2.23. The zero-order valence-corrected chi connectivity index (χ0v) is 14.7. The summed E-state index contributed by atoms with van der Waals surface area (Å²) >= 11 is 9.04. The van der Waals surface area contributed by atoms with Crippen LogP contribution in [0.15, 0.2) is 41.1 Å². The van der Waals surface area contributed by atoms with Crippen molar-refractivity contribution in [1.82, 2.24) is 19.5 Å². The molecule has 1 saturated heterocycles. The molecular weight excluding hydrogens is 384 g/mol. The minimum atomic E-state index is -0.420. The van der Waals surface area contributed by atoms with Gasteiger partial charge in [0.15, 0.2) is 0 Å². The second-order valence-corrected chi connectivity index (χ2v) is 6.41. The number of benzene rings is 1. The van der Waals surface area contributed by atoms with E-state index in [0.29, 0.717) is 17.7 Å². The van der Waals surface area contributed by atoms with Crippen molar-refractivity contribution in [3.05, 3.63) is 52.0 Å². The quantitative estimate of drug-likeness (QED) is 0.796. The Hall–Kier alpha value is -1.57. The number of imidazole rings is 1. The summed E-state index contributed by atoms with van der Waals surface area (Å²) in [5, 5.41) is 0.105. The number of aromatic nitrogens is 2. The van der Waals surface area contributed by atoms with Gasteiger partial charge in [-0.3, -0.25) is 4.90 Å². The molecule has 1 aliphatic heterocycles. The Morgan fingerprint density at radius 1 is 1.22 bits per heavy atom. The number of piperazine rings is 1. The maximum absolute atomic E-state index is 12.2. The number of rotatable bonds is 3. The van der Waals surface area contributed by atoms with E-state index in [1.807, 2.05) is 18.2 Å². The summed E-state index contributed by atoms with van der Waals surface area (Å²) in [6.45, 7) is 3.76. The van der Waals surface area contributed by atoms with Gasteiger partial charge in [0.2, 0.25) is 5.28 Å². The average molecular weight is 400 g/mol. The summed E-state index contributed by atoms with van der Waals surface area (Å²) in [6, 6.07) is 10.3. The topological polar surface area (TPSA) is 50.6 Å². The fraction of sp³-hybridized carbons (Fsp3) is 0.333. The molecule has 0 atom stereocenters. The number of hydrogen-bond acceptors (Lipinski definition) is 4. The number of halogens is 2. The van der Waals surface area contributed by atoms with E-state index in [1.165, 1.54) is 11.8 Å². The van der Waals surface area contributed by atoms with Crippen molar-refractivity contribution in [2.24, 2.45) is 0 Å². The second-order valence-electron chi connectivity index (χ2n) is 5.26. The first-order chi connectivity index (χ1) is 11.1. The molecule has 1 aromatic heterocycles. The number of amides is 1. The van der Waals surface area contributed by atoms with Crippen molar-refractivity contribution in [2.45, 2.75) is 6.54 Å². The summed E-state index contributed by atoms with van der Waals surface area (Å²) in [5.41, 5.74) is 1.28. The van der Waals surface area contributed by atoms with Crippen LogP contribution in [0.4, 0.5) is 4.79 Å². The van der Waals surface area contributed by atoms with Crippen molar-refractivity contribution in [2.75, 3.05) is 26.2 Å². The maximum Gasteiger partial charge on any atom is 0.434 e. The van der Waals surface area contributed by atoms with E-state index in [4.69, 9.17) is 16.4 Å². The highest BCUT2D eigenvalue weighted by atomic mass is 79.9. The van der Waals surface area contributed by atoms with E-state index in [9.17, 15) is 4.79 Å². The normalized spacial score (nSPS) is 15.7. The zero-order chi connectivity index (χ0) is 16.2. The third-order valence-electron chi connectivity index (χ3n) is 3.66. The van der Waals surface area contributed by atoms with Crippen LogP contribution in [0.1, 0.15) is 5.56 Å². The standard InChI is InChI=1S/C15H16BrClN4O2/c16-13-11-21(14(17)18-13)23-15(22)20-8-6-19(7-9-20)10-12-4-2-1-3-5-12/h1-5,11H,6-10H2. The molecule has 0 spiro atoms. The summed E-state index contributed by atoms with van der Waals surface area (Å²) in [4.78, 5) is 25.3. The number of hydrogen-bond donors (Lipinski definition) is 0. The first-order valence-electron chi connectivity index (χ1n) is 7.26. The van der Waals surface area contributed by atoms with E-state index >= 15 is 0 Å². The lowest BCUT2D eigenvalue weighted by atomic mass is 10.2. The minimum absolute atomic E-state index is 0.105. The first kappa shape index (κ1) is 16.3. The Morgan fingerprint density at radius 3 is 2.52 bits per heavy atom. The molecule has 6 nitrogen and oxygen atoms in total. The van der Waals surface area contributed by atoms with Gasteiger partial charge in [0, 0.05) is 32.7 Å². The fourth-order valence-electron chi connectivity index (χ4n) is 2.45. The lowest BCUT2D eigenvalue weighted by molar-refractivity contribution is 0.0678. The molecule has 0 unspecified atom stereocenters. The third kappa shape index (κ3) is 4.25. The van der Waals surface area contributed by atoms with Gasteiger partial charge in [-0.1, -0.05) is 30.3 Å². The number of carbonyl (C=O) groups is 1. The van der Waals surface area contributed by atoms with Gasteiger partial charge in [-0.05, 0) is 33.1 Å². The van der Waals surface area contributed by atoms with E-state index in [-0.39, 0.29) is 5.28 Å². The van der Waals surface area contributed by atoms with E-state index in [1.54, 1.807) is 4.90 Å². The summed E-state index contributed by atoms with van der Waals surface area (Å²) in [7, 11) is 0. The van der Waals surface area contributed by atoms with Gasteiger partial charge in [-0.25, -0.2) is 9.78 Å². The summed E-state index contributed by atoms with van der Waals surface area (Å²) in [6.07, 6.45) is 1.09. The smallest absolute Gasteiger partial charge is 0.314 e. The van der Waals surface area contributed by atoms with Crippen LogP contribution in [-0.4, -0.2) is 51.8 Å². The lowest BCUT2D eigenvalue weighted by Crippen LogP contribution is -2.50. The summed E-state index contributed by atoms with van der Waals surface area (Å²) in [5.74, 6) is 0. The molecule has 0 saturated carbocycles. The Morgan fingerprint density at radius 2 is 1.91 bits per heavy atom. The predicted molar refractivity (Wildman–Crippen MR) is 90.2 cm³/mol. The molecule has 2 aromatic rings. The molecule has 1 aliphatic rings. The molecule has 1 aromatic carbocycles. The number of carbonyl (C=O) groups excluding carboxylic acids is 1. The Labute approximate surface area is 147 Å². The maximum atomic E-state index is 12.2. The van der Waals surface area contributed by atoms with Crippen LogP contribution in [0, 0.1) is 0 Å². The molecule has 122 valence electrons. The van der Waals surface area contributed by atoms with E-state index in [2.05, 4.69) is 37.9 Å². The largest absolute Gasteiger partial charge is 0.434 e. The van der Waals surface area contributed by atoms with Crippen molar-refractivity contribution < 1.29 is 9.63 Å². The second kappa shape index (κ2) is 7.33. The predicted octanol–water partition coefficient (Wildman–Crippen LogP) is 2.67. The molecular formula is C15H16BrClN4O2. The lowest BCUT2D eigenvalue weighted by Gasteiger charge is -2.33. The van der Waals surface area contributed by atoms with Gasteiger partial charge in [-0.2, -0.15) is 0 Å². The van der Waals surface area contributed by atoms with Gasteiger partial charge in [0.05, 0.1) is 6.20 Å². The van der Waals surface area contributed by atoms with Crippen LogP contribution in [0.5, 0.6) is 0 Å².